The van der Waals surface area contributed by atoms with Crippen molar-refractivity contribution in [3.63, 3.8) is 0 Å². The first kappa shape index (κ1) is 13.8. The number of nitrogens with zero attached hydrogens (tertiary/aromatic N) is 1. The molecule has 84 valence electrons. The highest BCUT2D eigenvalue weighted by Gasteiger charge is 2.17. The molecular formula is C7H16N2O3S2. The van der Waals surface area contributed by atoms with Gasteiger partial charge in [-0.25, -0.2) is 8.42 Å². The zero-order valence-corrected chi connectivity index (χ0v) is 10.0. The van der Waals surface area contributed by atoms with E-state index in [0.29, 0.717) is 6.61 Å². The van der Waals surface area contributed by atoms with Crippen LogP contribution in [-0.2, 0) is 14.8 Å². The van der Waals surface area contributed by atoms with Crippen LogP contribution in [0, 0.1) is 0 Å². The van der Waals surface area contributed by atoms with Gasteiger partial charge in [-0.2, -0.15) is 4.31 Å². The summed E-state index contributed by atoms with van der Waals surface area (Å²) in [5.41, 5.74) is 5.24. The van der Waals surface area contributed by atoms with Crippen molar-refractivity contribution in [3.8, 4) is 0 Å². The fourth-order valence-electron chi connectivity index (χ4n) is 0.782. The van der Waals surface area contributed by atoms with Gasteiger partial charge in [0.1, 0.15) is 0 Å². The van der Waals surface area contributed by atoms with Crippen molar-refractivity contribution in [1.29, 1.82) is 0 Å². The molecule has 2 N–H and O–H groups in total. The molecule has 0 rings (SSSR count). The largest absolute Gasteiger partial charge is 0.392 e. The number of hydrogen-bond acceptors (Lipinski definition) is 4. The van der Waals surface area contributed by atoms with Crippen LogP contribution >= 0.6 is 12.2 Å². The molecule has 7 heteroatoms. The number of hydrogen-bond donors (Lipinski definition) is 1. The minimum atomic E-state index is -3.29. The van der Waals surface area contributed by atoms with Crippen LogP contribution in [0.4, 0.5) is 0 Å². The lowest BCUT2D eigenvalue weighted by Gasteiger charge is -2.15. The summed E-state index contributed by atoms with van der Waals surface area (Å²) < 4.78 is 29.0. The van der Waals surface area contributed by atoms with E-state index in [0.717, 1.165) is 4.31 Å². The number of nitrogens with two attached hydrogens (primary N) is 1. The van der Waals surface area contributed by atoms with Crippen LogP contribution in [0.1, 0.15) is 6.92 Å². The molecule has 14 heavy (non-hydrogen) atoms. The Morgan fingerprint density at radius 1 is 1.57 bits per heavy atom. The van der Waals surface area contributed by atoms with Crippen LogP contribution in [0.25, 0.3) is 0 Å². The van der Waals surface area contributed by atoms with Gasteiger partial charge in [-0.15, -0.1) is 0 Å². The summed E-state index contributed by atoms with van der Waals surface area (Å²) in [7, 11) is -1.84. The predicted molar refractivity (Wildman–Crippen MR) is 59.7 cm³/mol. The first-order chi connectivity index (χ1) is 6.40. The van der Waals surface area contributed by atoms with E-state index in [1.807, 2.05) is 6.92 Å². The smallest absolute Gasteiger partial charge is 0.216 e. The summed E-state index contributed by atoms with van der Waals surface area (Å²) in [4.78, 5) is 0.160. The van der Waals surface area contributed by atoms with E-state index >= 15 is 0 Å². The van der Waals surface area contributed by atoms with Gasteiger partial charge in [0, 0.05) is 13.7 Å². The molecular weight excluding hydrogens is 224 g/mol. The van der Waals surface area contributed by atoms with Gasteiger partial charge in [-0.3, -0.25) is 0 Å². The van der Waals surface area contributed by atoms with Crippen molar-refractivity contribution in [2.75, 3.05) is 32.6 Å². The number of rotatable bonds is 7. The summed E-state index contributed by atoms with van der Waals surface area (Å²) in [6.45, 7) is 2.59. The van der Waals surface area contributed by atoms with Crippen molar-refractivity contribution in [2.24, 2.45) is 5.73 Å². The molecule has 0 saturated heterocycles. The van der Waals surface area contributed by atoms with Gasteiger partial charge in [-0.05, 0) is 6.92 Å². The zero-order valence-electron chi connectivity index (χ0n) is 8.39. The molecule has 0 atom stereocenters. The Bertz CT molecular complexity index is 277. The highest BCUT2D eigenvalue weighted by atomic mass is 32.2. The van der Waals surface area contributed by atoms with Crippen molar-refractivity contribution in [1.82, 2.24) is 4.31 Å². The average Bonchev–Trinajstić information content (AvgIpc) is 2.03. The molecule has 0 aliphatic heterocycles. The Balaban J connectivity index is 4.10. The molecule has 0 aliphatic rings. The minimum Gasteiger partial charge on any atom is -0.392 e. The SMILES string of the molecule is CCOCCS(=O)(=O)N(C)CC(N)=S. The van der Waals surface area contributed by atoms with Crippen molar-refractivity contribution in [2.45, 2.75) is 6.92 Å². The van der Waals surface area contributed by atoms with E-state index in [1.165, 1.54) is 7.05 Å². The number of sulfonamides is 1. The summed E-state index contributed by atoms with van der Waals surface area (Å²) in [5.74, 6) is -0.0417. The second-order valence-corrected chi connectivity index (χ2v) is 5.46. The van der Waals surface area contributed by atoms with Crippen LogP contribution in [0.5, 0.6) is 0 Å². The van der Waals surface area contributed by atoms with E-state index in [1.54, 1.807) is 0 Å². The van der Waals surface area contributed by atoms with Crippen LogP contribution in [0.2, 0.25) is 0 Å². The maximum Gasteiger partial charge on any atom is 0.216 e. The quantitative estimate of drug-likeness (QED) is 0.483. The third-order valence-corrected chi connectivity index (χ3v) is 3.43. The number of thiocarbonyl (C=S) groups is 1. The third kappa shape index (κ3) is 5.48. The van der Waals surface area contributed by atoms with E-state index in [4.69, 9.17) is 10.5 Å². The standard InChI is InChI=1S/C7H16N2O3S2/c1-3-12-4-5-14(10,11)9(2)6-7(8)13/h3-6H2,1-2H3,(H2,8,13). The molecule has 0 fully saturated rings. The average molecular weight is 240 g/mol. The number of likely N-dealkylation sites (N-methyl/N-ethyl adjacent to an activating group) is 1. The first-order valence-corrected chi connectivity index (χ1v) is 6.22. The Hall–Kier alpha value is -0.240. The molecule has 5 nitrogen and oxygen atoms in total. The Morgan fingerprint density at radius 3 is 2.57 bits per heavy atom. The highest BCUT2D eigenvalue weighted by Crippen LogP contribution is 1.97. The molecule has 0 unspecified atom stereocenters. The molecule has 0 amide bonds. The van der Waals surface area contributed by atoms with Gasteiger partial charge in [-0.1, -0.05) is 12.2 Å². The maximum atomic E-state index is 11.5. The lowest BCUT2D eigenvalue weighted by molar-refractivity contribution is 0.162. The second-order valence-electron chi connectivity index (χ2n) is 2.74. The molecule has 0 bridgehead atoms. The summed E-state index contributed by atoms with van der Waals surface area (Å²) in [5, 5.41) is 0. The van der Waals surface area contributed by atoms with E-state index < -0.39 is 10.0 Å². The molecule has 0 aliphatic carbocycles. The van der Waals surface area contributed by atoms with Gasteiger partial charge in [0.2, 0.25) is 10.0 Å². The monoisotopic (exact) mass is 240 g/mol. The van der Waals surface area contributed by atoms with Gasteiger partial charge in [0.15, 0.2) is 0 Å². The number of ether oxygens (including phenoxy) is 1. The van der Waals surface area contributed by atoms with Crippen LogP contribution in [0.3, 0.4) is 0 Å². The van der Waals surface area contributed by atoms with Crippen LogP contribution in [-0.4, -0.2) is 50.3 Å². The van der Waals surface area contributed by atoms with Gasteiger partial charge >= 0.3 is 0 Å². The van der Waals surface area contributed by atoms with Crippen molar-refractivity contribution < 1.29 is 13.2 Å². The van der Waals surface area contributed by atoms with E-state index in [9.17, 15) is 8.42 Å². The topological polar surface area (TPSA) is 72.6 Å². The van der Waals surface area contributed by atoms with E-state index in [-0.39, 0.29) is 23.9 Å². The lowest BCUT2D eigenvalue weighted by atomic mass is 10.7. The fourth-order valence-corrected chi connectivity index (χ4v) is 2.03. The highest BCUT2D eigenvalue weighted by molar-refractivity contribution is 7.89. The van der Waals surface area contributed by atoms with Gasteiger partial charge in [0.05, 0.1) is 23.9 Å². The molecule has 0 saturated carbocycles. The predicted octanol–water partition coefficient (Wildman–Crippen LogP) is -0.429. The molecule has 0 aromatic carbocycles. The zero-order chi connectivity index (χ0) is 11.2. The van der Waals surface area contributed by atoms with Crippen LogP contribution in [0.15, 0.2) is 0 Å². The fraction of sp³-hybridized carbons (Fsp3) is 0.857. The minimum absolute atomic E-state index is 0.0417. The second kappa shape index (κ2) is 6.28. The Morgan fingerprint density at radius 2 is 2.14 bits per heavy atom. The van der Waals surface area contributed by atoms with Crippen molar-refractivity contribution in [3.05, 3.63) is 0 Å². The molecule has 0 spiro atoms. The molecule has 0 aromatic heterocycles. The van der Waals surface area contributed by atoms with E-state index in [2.05, 4.69) is 12.2 Å². The third-order valence-electron chi connectivity index (χ3n) is 1.54. The summed E-state index contributed by atoms with van der Waals surface area (Å²) >= 11 is 4.62. The molecule has 0 radical (unpaired) electrons. The van der Waals surface area contributed by atoms with Gasteiger partial charge < -0.3 is 10.5 Å². The first-order valence-electron chi connectivity index (χ1n) is 4.20. The van der Waals surface area contributed by atoms with Crippen LogP contribution < -0.4 is 5.73 Å². The van der Waals surface area contributed by atoms with Crippen molar-refractivity contribution >= 4 is 27.2 Å². The van der Waals surface area contributed by atoms with Gasteiger partial charge in [0.25, 0.3) is 0 Å². The Kier molecular flexibility index (Phi) is 6.17. The normalized spacial score (nSPS) is 11.9. The molecule has 0 aromatic rings. The lowest BCUT2D eigenvalue weighted by Crippen LogP contribution is -2.36. The Labute approximate surface area is 90.3 Å². The molecule has 0 heterocycles. The summed E-state index contributed by atoms with van der Waals surface area (Å²) in [6.07, 6.45) is 0. The summed E-state index contributed by atoms with van der Waals surface area (Å²) in [6, 6.07) is 0. The maximum absolute atomic E-state index is 11.5.